The third-order valence-electron chi connectivity index (χ3n) is 4.53. The maximum absolute atomic E-state index is 12.5. The van der Waals surface area contributed by atoms with E-state index in [4.69, 9.17) is 20.8 Å². The summed E-state index contributed by atoms with van der Waals surface area (Å²) >= 11 is 6.19. The number of halogens is 1. The molecule has 7 heteroatoms. The van der Waals surface area contributed by atoms with E-state index in [1.54, 1.807) is 30.3 Å². The van der Waals surface area contributed by atoms with Crippen LogP contribution in [0.1, 0.15) is 23.2 Å². The van der Waals surface area contributed by atoms with Crippen LogP contribution in [-0.4, -0.2) is 11.8 Å². The van der Waals surface area contributed by atoms with Gasteiger partial charge in [-0.15, -0.1) is 0 Å². The van der Waals surface area contributed by atoms with E-state index in [0.29, 0.717) is 27.9 Å². The number of benzene rings is 3. The van der Waals surface area contributed by atoms with Crippen LogP contribution >= 0.6 is 11.6 Å². The van der Waals surface area contributed by atoms with Crippen molar-refractivity contribution in [1.82, 2.24) is 0 Å². The van der Waals surface area contributed by atoms with Crippen LogP contribution in [0.5, 0.6) is 5.75 Å². The zero-order valence-electron chi connectivity index (χ0n) is 16.6. The number of hydrogen-bond acceptors (Lipinski definition) is 4. The van der Waals surface area contributed by atoms with Gasteiger partial charge in [0.15, 0.2) is 5.76 Å². The summed E-state index contributed by atoms with van der Waals surface area (Å²) in [6, 6.07) is 21.9. The van der Waals surface area contributed by atoms with Crippen LogP contribution in [0.3, 0.4) is 0 Å². The van der Waals surface area contributed by atoms with Gasteiger partial charge >= 0.3 is 0 Å². The fraction of sp³-hybridized carbons (Fsp3) is 0.0833. The second-order valence-corrected chi connectivity index (χ2v) is 7.30. The van der Waals surface area contributed by atoms with Gasteiger partial charge in [0.1, 0.15) is 18.1 Å². The van der Waals surface area contributed by atoms with Gasteiger partial charge in [0.05, 0.1) is 10.7 Å². The van der Waals surface area contributed by atoms with Crippen LogP contribution in [0.2, 0.25) is 5.02 Å². The first-order valence-corrected chi connectivity index (χ1v) is 9.94. The van der Waals surface area contributed by atoms with E-state index in [2.05, 4.69) is 10.6 Å². The van der Waals surface area contributed by atoms with E-state index < -0.39 is 5.91 Å². The number of carbonyl (C=O) groups excluding carboxylic acids is 2. The Balaban J connectivity index is 1.38. The molecule has 3 aromatic carbocycles. The average Bonchev–Trinajstić information content (AvgIpc) is 3.23. The molecule has 0 aliphatic heterocycles. The number of fused-ring (bicyclic) bond motifs is 1. The Labute approximate surface area is 183 Å². The monoisotopic (exact) mass is 434 g/mol. The number of rotatable bonds is 6. The Morgan fingerprint density at radius 2 is 1.74 bits per heavy atom. The van der Waals surface area contributed by atoms with Gasteiger partial charge in [0.2, 0.25) is 5.91 Å². The molecule has 6 nitrogen and oxygen atoms in total. The molecule has 2 N–H and O–H groups in total. The van der Waals surface area contributed by atoms with Crippen LogP contribution in [0.25, 0.3) is 10.8 Å². The van der Waals surface area contributed by atoms with E-state index in [0.717, 1.165) is 10.8 Å². The first-order chi connectivity index (χ1) is 15.0. The van der Waals surface area contributed by atoms with Gasteiger partial charge in [0, 0.05) is 12.6 Å². The highest BCUT2D eigenvalue weighted by atomic mass is 35.5. The lowest BCUT2D eigenvalue weighted by atomic mass is 10.1. The molecule has 0 unspecified atom stereocenters. The Hall–Kier alpha value is -3.77. The molecule has 0 saturated carbocycles. The van der Waals surface area contributed by atoms with E-state index in [1.165, 1.54) is 6.92 Å². The van der Waals surface area contributed by atoms with Crippen molar-refractivity contribution >= 4 is 45.6 Å². The highest BCUT2D eigenvalue weighted by molar-refractivity contribution is 6.34. The van der Waals surface area contributed by atoms with Gasteiger partial charge in [0.25, 0.3) is 5.91 Å². The fourth-order valence-corrected chi connectivity index (χ4v) is 3.30. The van der Waals surface area contributed by atoms with Gasteiger partial charge < -0.3 is 19.8 Å². The average molecular weight is 435 g/mol. The lowest BCUT2D eigenvalue weighted by molar-refractivity contribution is -0.114. The van der Waals surface area contributed by atoms with Crippen molar-refractivity contribution in [1.29, 1.82) is 0 Å². The predicted molar refractivity (Wildman–Crippen MR) is 121 cm³/mol. The molecule has 0 aliphatic carbocycles. The Kier molecular flexibility index (Phi) is 5.91. The molecule has 4 rings (SSSR count). The zero-order chi connectivity index (χ0) is 21.8. The summed E-state index contributed by atoms with van der Waals surface area (Å²) in [6.07, 6.45) is 0. The number of furan rings is 1. The molecule has 0 saturated heterocycles. The van der Waals surface area contributed by atoms with Crippen molar-refractivity contribution in [3.8, 4) is 5.75 Å². The van der Waals surface area contributed by atoms with Gasteiger partial charge in [-0.3, -0.25) is 9.59 Å². The first kappa shape index (κ1) is 20.5. The Morgan fingerprint density at radius 3 is 2.52 bits per heavy atom. The van der Waals surface area contributed by atoms with Crippen molar-refractivity contribution in [3.05, 3.63) is 89.3 Å². The van der Waals surface area contributed by atoms with E-state index in [9.17, 15) is 9.59 Å². The summed E-state index contributed by atoms with van der Waals surface area (Å²) in [5, 5.41) is 7.84. The molecule has 1 aromatic heterocycles. The number of nitrogens with one attached hydrogen (secondary N) is 2. The minimum absolute atomic E-state index is 0.138. The van der Waals surface area contributed by atoms with E-state index >= 15 is 0 Å². The summed E-state index contributed by atoms with van der Waals surface area (Å²) in [5.41, 5.74) is 0.952. The first-order valence-electron chi connectivity index (χ1n) is 9.57. The third kappa shape index (κ3) is 5.05. The standard InChI is InChI=1S/C24H19ClN2O4/c1-15(28)26-18-7-10-22(21(25)13-18)27-24(29)23-11-9-20(31-23)14-30-19-8-6-16-4-2-3-5-17(16)12-19/h2-13H,14H2,1H3,(H,26,28)(H,27,29). The largest absolute Gasteiger partial charge is 0.486 e. The molecule has 0 atom stereocenters. The fourth-order valence-electron chi connectivity index (χ4n) is 3.07. The maximum atomic E-state index is 12.5. The van der Waals surface area contributed by atoms with Crippen molar-refractivity contribution in [2.45, 2.75) is 13.5 Å². The van der Waals surface area contributed by atoms with Crippen molar-refractivity contribution in [2.75, 3.05) is 10.6 Å². The molecule has 4 aromatic rings. The summed E-state index contributed by atoms with van der Waals surface area (Å²) < 4.78 is 11.4. The number of hydrogen-bond donors (Lipinski definition) is 2. The predicted octanol–water partition coefficient (Wildman–Crippen LogP) is 5.88. The normalized spacial score (nSPS) is 10.6. The second-order valence-electron chi connectivity index (χ2n) is 6.89. The van der Waals surface area contributed by atoms with Gasteiger partial charge in [-0.05, 0) is 53.2 Å². The van der Waals surface area contributed by atoms with Crippen molar-refractivity contribution in [2.24, 2.45) is 0 Å². The molecule has 1 heterocycles. The molecule has 156 valence electrons. The summed E-state index contributed by atoms with van der Waals surface area (Å²) in [7, 11) is 0. The van der Waals surface area contributed by atoms with Crippen LogP contribution in [0.4, 0.5) is 11.4 Å². The van der Waals surface area contributed by atoms with E-state index in [-0.39, 0.29) is 18.3 Å². The number of amides is 2. The van der Waals surface area contributed by atoms with Crippen LogP contribution < -0.4 is 15.4 Å². The van der Waals surface area contributed by atoms with Crippen LogP contribution in [0, 0.1) is 0 Å². The molecule has 31 heavy (non-hydrogen) atoms. The smallest absolute Gasteiger partial charge is 0.291 e. The summed E-state index contributed by atoms with van der Waals surface area (Å²) in [5.74, 6) is 0.727. The number of ether oxygens (including phenoxy) is 1. The SMILES string of the molecule is CC(=O)Nc1ccc(NC(=O)c2ccc(COc3ccc4ccccc4c3)o2)c(Cl)c1. The molecular weight excluding hydrogens is 416 g/mol. The van der Waals surface area contributed by atoms with Crippen molar-refractivity contribution in [3.63, 3.8) is 0 Å². The molecule has 2 amide bonds. The van der Waals surface area contributed by atoms with Crippen LogP contribution in [-0.2, 0) is 11.4 Å². The molecule has 0 radical (unpaired) electrons. The topological polar surface area (TPSA) is 80.6 Å². The Morgan fingerprint density at radius 1 is 0.935 bits per heavy atom. The molecule has 0 bridgehead atoms. The lowest BCUT2D eigenvalue weighted by Crippen LogP contribution is -2.12. The molecular formula is C24H19ClN2O4. The van der Waals surface area contributed by atoms with Crippen LogP contribution in [0.15, 0.2) is 77.2 Å². The molecule has 0 spiro atoms. The second kappa shape index (κ2) is 8.93. The lowest BCUT2D eigenvalue weighted by Gasteiger charge is -2.08. The summed E-state index contributed by atoms with van der Waals surface area (Å²) in [6.45, 7) is 1.60. The van der Waals surface area contributed by atoms with E-state index in [1.807, 2.05) is 42.5 Å². The van der Waals surface area contributed by atoms with Gasteiger partial charge in [-0.1, -0.05) is 41.9 Å². The third-order valence-corrected chi connectivity index (χ3v) is 4.84. The minimum atomic E-state index is -0.439. The van der Waals surface area contributed by atoms with Gasteiger partial charge in [-0.2, -0.15) is 0 Å². The number of anilines is 2. The summed E-state index contributed by atoms with van der Waals surface area (Å²) in [4.78, 5) is 23.6. The Bertz CT molecular complexity index is 1270. The minimum Gasteiger partial charge on any atom is -0.486 e. The highest BCUT2D eigenvalue weighted by Gasteiger charge is 2.14. The van der Waals surface area contributed by atoms with Crippen molar-refractivity contribution < 1.29 is 18.7 Å². The highest BCUT2D eigenvalue weighted by Crippen LogP contribution is 2.26. The molecule has 0 fully saturated rings. The number of carbonyl (C=O) groups is 2. The quantitative estimate of drug-likeness (QED) is 0.397. The zero-order valence-corrected chi connectivity index (χ0v) is 17.4. The maximum Gasteiger partial charge on any atom is 0.291 e. The molecule has 0 aliphatic rings. The van der Waals surface area contributed by atoms with Gasteiger partial charge in [-0.25, -0.2) is 0 Å².